The van der Waals surface area contributed by atoms with E-state index in [1.165, 1.54) is 25.7 Å². The minimum Gasteiger partial charge on any atom is -0.395 e. The zero-order chi connectivity index (χ0) is 11.5. The van der Waals surface area contributed by atoms with Crippen LogP contribution in [0.1, 0.15) is 31.4 Å². The topological polar surface area (TPSA) is 51.8 Å². The van der Waals surface area contributed by atoms with Crippen molar-refractivity contribution in [2.45, 2.75) is 37.6 Å². The number of nitrogens with two attached hydrogens (primary N) is 1. The smallest absolute Gasteiger partial charge is 0.223 e. The molecule has 0 aromatic carbocycles. The van der Waals surface area contributed by atoms with Crippen molar-refractivity contribution in [2.75, 3.05) is 11.5 Å². The number of thioether (sulfide) groups is 1. The number of hydrogen-bond donors (Lipinski definition) is 1. The standard InChI is InChI=1S/C11H16ClN3S/c1-7-9(13)10(15-11(12)14-7)16-6-8-4-2-3-5-8/h8H,2-6,13H2,1H3. The molecule has 16 heavy (non-hydrogen) atoms. The van der Waals surface area contributed by atoms with Gasteiger partial charge in [0.15, 0.2) is 0 Å². The fourth-order valence-corrected chi connectivity index (χ4v) is 3.45. The van der Waals surface area contributed by atoms with Crippen LogP contribution >= 0.6 is 23.4 Å². The molecule has 1 aromatic rings. The molecule has 88 valence electrons. The van der Waals surface area contributed by atoms with E-state index in [1.54, 1.807) is 11.8 Å². The highest BCUT2D eigenvalue weighted by molar-refractivity contribution is 7.99. The lowest BCUT2D eigenvalue weighted by Crippen LogP contribution is -2.02. The van der Waals surface area contributed by atoms with Crippen LogP contribution in [0.3, 0.4) is 0 Å². The van der Waals surface area contributed by atoms with Crippen LogP contribution in [-0.2, 0) is 0 Å². The van der Waals surface area contributed by atoms with E-state index in [0.717, 1.165) is 22.4 Å². The number of rotatable bonds is 3. The van der Waals surface area contributed by atoms with E-state index in [4.69, 9.17) is 17.3 Å². The van der Waals surface area contributed by atoms with Crippen molar-refractivity contribution >= 4 is 29.1 Å². The second-order valence-corrected chi connectivity index (χ2v) is 5.61. The van der Waals surface area contributed by atoms with Gasteiger partial charge in [-0.25, -0.2) is 9.97 Å². The van der Waals surface area contributed by atoms with Gasteiger partial charge in [-0.1, -0.05) is 12.8 Å². The maximum absolute atomic E-state index is 5.93. The lowest BCUT2D eigenvalue weighted by Gasteiger charge is -2.10. The summed E-state index contributed by atoms with van der Waals surface area (Å²) in [6.07, 6.45) is 5.41. The Morgan fingerprint density at radius 1 is 1.38 bits per heavy atom. The summed E-state index contributed by atoms with van der Waals surface area (Å²) in [4.78, 5) is 8.22. The van der Waals surface area contributed by atoms with Crippen molar-refractivity contribution in [3.05, 3.63) is 11.0 Å². The van der Waals surface area contributed by atoms with Crippen molar-refractivity contribution in [1.82, 2.24) is 9.97 Å². The van der Waals surface area contributed by atoms with Crippen LogP contribution in [0.25, 0.3) is 0 Å². The molecule has 0 atom stereocenters. The molecule has 1 aliphatic carbocycles. The first kappa shape index (κ1) is 12.0. The first-order valence-electron chi connectivity index (χ1n) is 5.59. The molecule has 0 spiro atoms. The van der Waals surface area contributed by atoms with E-state index in [0.29, 0.717) is 11.0 Å². The summed E-state index contributed by atoms with van der Waals surface area (Å²) in [5, 5.41) is 1.13. The van der Waals surface area contributed by atoms with Crippen LogP contribution in [0.15, 0.2) is 5.03 Å². The summed E-state index contributed by atoms with van der Waals surface area (Å²) >= 11 is 7.54. The molecular weight excluding hydrogens is 242 g/mol. The number of nitrogens with zero attached hydrogens (tertiary/aromatic N) is 2. The molecule has 1 saturated carbocycles. The maximum atomic E-state index is 5.93. The van der Waals surface area contributed by atoms with E-state index >= 15 is 0 Å². The van der Waals surface area contributed by atoms with Gasteiger partial charge in [-0.15, -0.1) is 11.8 Å². The highest BCUT2D eigenvalue weighted by Crippen LogP contribution is 2.33. The second kappa shape index (κ2) is 5.23. The normalized spacial score (nSPS) is 16.9. The van der Waals surface area contributed by atoms with Crippen molar-refractivity contribution in [3.63, 3.8) is 0 Å². The molecule has 1 aliphatic rings. The van der Waals surface area contributed by atoms with Gasteiger partial charge in [-0.2, -0.15) is 0 Å². The SMILES string of the molecule is Cc1nc(Cl)nc(SCC2CCCC2)c1N. The third kappa shape index (κ3) is 2.80. The van der Waals surface area contributed by atoms with E-state index < -0.39 is 0 Å². The Bertz CT molecular complexity index is 378. The number of nitrogen functional groups attached to an aromatic ring is 1. The second-order valence-electron chi connectivity index (χ2n) is 4.26. The molecule has 2 N–H and O–H groups in total. The number of anilines is 1. The van der Waals surface area contributed by atoms with Crippen molar-refractivity contribution in [3.8, 4) is 0 Å². The summed E-state index contributed by atoms with van der Waals surface area (Å²) in [5.41, 5.74) is 7.38. The number of aryl methyl sites for hydroxylation is 1. The van der Waals surface area contributed by atoms with Crippen LogP contribution in [0.5, 0.6) is 0 Å². The van der Waals surface area contributed by atoms with Crippen molar-refractivity contribution in [2.24, 2.45) is 5.92 Å². The zero-order valence-corrected chi connectivity index (χ0v) is 10.9. The molecular formula is C11H16ClN3S. The Labute approximate surface area is 105 Å². The van der Waals surface area contributed by atoms with Gasteiger partial charge in [-0.05, 0) is 37.3 Å². The summed E-state index contributed by atoms with van der Waals surface area (Å²) in [7, 11) is 0. The van der Waals surface area contributed by atoms with Gasteiger partial charge in [0.2, 0.25) is 5.28 Å². The van der Waals surface area contributed by atoms with Gasteiger partial charge in [0, 0.05) is 5.75 Å². The molecule has 0 radical (unpaired) electrons. The van der Waals surface area contributed by atoms with Crippen LogP contribution in [0.2, 0.25) is 5.28 Å². The van der Waals surface area contributed by atoms with E-state index in [-0.39, 0.29) is 0 Å². The number of hydrogen-bond acceptors (Lipinski definition) is 4. The quantitative estimate of drug-likeness (QED) is 0.513. The Balaban J connectivity index is 2.02. The molecule has 0 saturated heterocycles. The highest BCUT2D eigenvalue weighted by atomic mass is 35.5. The average molecular weight is 258 g/mol. The highest BCUT2D eigenvalue weighted by Gasteiger charge is 2.17. The van der Waals surface area contributed by atoms with E-state index in [2.05, 4.69) is 9.97 Å². The first-order valence-corrected chi connectivity index (χ1v) is 6.95. The maximum Gasteiger partial charge on any atom is 0.223 e. The number of halogens is 1. The summed E-state index contributed by atoms with van der Waals surface area (Å²) < 4.78 is 0. The lowest BCUT2D eigenvalue weighted by atomic mass is 10.1. The molecule has 1 fully saturated rings. The van der Waals surface area contributed by atoms with Gasteiger partial charge in [0.25, 0.3) is 0 Å². The van der Waals surface area contributed by atoms with Gasteiger partial charge in [0.05, 0.1) is 11.4 Å². The van der Waals surface area contributed by atoms with Gasteiger partial charge in [-0.3, -0.25) is 0 Å². The van der Waals surface area contributed by atoms with Crippen LogP contribution < -0.4 is 5.73 Å². The van der Waals surface area contributed by atoms with E-state index in [1.807, 2.05) is 6.92 Å². The lowest BCUT2D eigenvalue weighted by molar-refractivity contribution is 0.623. The third-order valence-electron chi connectivity index (χ3n) is 3.00. The molecule has 0 bridgehead atoms. The average Bonchev–Trinajstić information content (AvgIpc) is 2.74. The molecule has 0 amide bonds. The molecule has 0 aliphatic heterocycles. The third-order valence-corrected chi connectivity index (χ3v) is 4.40. The van der Waals surface area contributed by atoms with Crippen LogP contribution in [-0.4, -0.2) is 15.7 Å². The Kier molecular flexibility index (Phi) is 3.92. The summed E-state index contributed by atoms with van der Waals surface area (Å²) in [6.45, 7) is 1.86. The Morgan fingerprint density at radius 3 is 2.75 bits per heavy atom. The summed E-state index contributed by atoms with van der Waals surface area (Å²) in [6, 6.07) is 0. The largest absolute Gasteiger partial charge is 0.395 e. The minimum absolute atomic E-state index is 0.292. The van der Waals surface area contributed by atoms with Crippen molar-refractivity contribution in [1.29, 1.82) is 0 Å². The molecule has 2 rings (SSSR count). The monoisotopic (exact) mass is 257 g/mol. The van der Waals surface area contributed by atoms with Gasteiger partial charge < -0.3 is 5.73 Å². The predicted molar refractivity (Wildman–Crippen MR) is 68.9 cm³/mol. The van der Waals surface area contributed by atoms with E-state index in [9.17, 15) is 0 Å². The van der Waals surface area contributed by atoms with Crippen LogP contribution in [0, 0.1) is 12.8 Å². The minimum atomic E-state index is 0.292. The fourth-order valence-electron chi connectivity index (χ4n) is 2.01. The summed E-state index contributed by atoms with van der Waals surface area (Å²) in [5.74, 6) is 1.91. The fraction of sp³-hybridized carbons (Fsp3) is 0.636. The molecule has 0 unspecified atom stereocenters. The zero-order valence-electron chi connectivity index (χ0n) is 9.37. The molecule has 3 nitrogen and oxygen atoms in total. The molecule has 1 heterocycles. The predicted octanol–water partition coefficient (Wildman–Crippen LogP) is 3.30. The Morgan fingerprint density at radius 2 is 2.06 bits per heavy atom. The van der Waals surface area contributed by atoms with Gasteiger partial charge >= 0.3 is 0 Å². The first-order chi connectivity index (χ1) is 7.66. The Hall–Kier alpha value is -0.480. The van der Waals surface area contributed by atoms with Crippen LogP contribution in [0.4, 0.5) is 5.69 Å². The number of aromatic nitrogens is 2. The van der Waals surface area contributed by atoms with Gasteiger partial charge in [0.1, 0.15) is 5.03 Å². The molecule has 1 aromatic heterocycles. The van der Waals surface area contributed by atoms with Crippen molar-refractivity contribution < 1.29 is 0 Å². The molecule has 5 heteroatoms.